The third-order valence-electron chi connectivity index (χ3n) is 2.36. The smallest absolute Gasteiger partial charge is 0.261 e. The van der Waals surface area contributed by atoms with Gasteiger partial charge in [-0.3, -0.25) is 4.79 Å². The van der Waals surface area contributed by atoms with E-state index < -0.39 is 24.8 Å². The van der Waals surface area contributed by atoms with Crippen molar-refractivity contribution in [1.29, 1.82) is 0 Å². The normalized spacial score (nSPS) is 12.1. The average Bonchev–Trinajstić information content (AvgIpc) is 2.32. The van der Waals surface area contributed by atoms with Crippen molar-refractivity contribution in [3.8, 4) is 0 Å². The molecule has 0 radical (unpaired) electrons. The van der Waals surface area contributed by atoms with Crippen LogP contribution in [0.15, 0.2) is 29.2 Å². The van der Waals surface area contributed by atoms with Crippen LogP contribution in [-0.4, -0.2) is 41.3 Å². The van der Waals surface area contributed by atoms with Gasteiger partial charge in [-0.2, -0.15) is 0 Å². The fourth-order valence-corrected chi connectivity index (χ4v) is 2.89. The Morgan fingerprint density at radius 3 is 2.45 bits per heavy atom. The van der Waals surface area contributed by atoms with Crippen molar-refractivity contribution in [3.63, 3.8) is 0 Å². The monoisotopic (exact) mass is 339 g/mol. The second kappa shape index (κ2) is 6.55. The second-order valence-electron chi connectivity index (χ2n) is 4.21. The molecule has 1 amide bonds. The molecule has 1 aromatic rings. The van der Waals surface area contributed by atoms with Gasteiger partial charge in [-0.05, 0) is 24.6 Å². The molecule has 1 aromatic carbocycles. The predicted octanol–water partition coefficient (Wildman–Crippen LogP) is 0.779. The van der Waals surface area contributed by atoms with Crippen LogP contribution in [0.1, 0.15) is 16.8 Å². The van der Waals surface area contributed by atoms with E-state index in [0.717, 1.165) is 12.3 Å². The van der Waals surface area contributed by atoms with Gasteiger partial charge in [0.25, 0.3) is 15.0 Å². The van der Waals surface area contributed by atoms with Crippen LogP contribution in [0.4, 0.5) is 0 Å². The average molecular weight is 340 g/mol. The van der Waals surface area contributed by atoms with Crippen molar-refractivity contribution in [3.05, 3.63) is 29.8 Å². The van der Waals surface area contributed by atoms with Crippen LogP contribution in [0.2, 0.25) is 0 Å². The second-order valence-corrected chi connectivity index (χ2v) is 9.03. The van der Waals surface area contributed by atoms with Gasteiger partial charge in [0.1, 0.15) is 9.84 Å². The number of halogens is 1. The largest absolute Gasteiger partial charge is 0.352 e. The Labute approximate surface area is 122 Å². The lowest BCUT2D eigenvalue weighted by Crippen LogP contribution is -2.26. The zero-order valence-corrected chi connectivity index (χ0v) is 13.1. The molecule has 9 heteroatoms. The Balaban J connectivity index is 2.65. The Morgan fingerprint density at radius 2 is 1.90 bits per heavy atom. The Kier molecular flexibility index (Phi) is 5.55. The zero-order chi connectivity index (χ0) is 15.4. The van der Waals surface area contributed by atoms with Gasteiger partial charge in [-0.1, -0.05) is 6.07 Å². The van der Waals surface area contributed by atoms with Crippen molar-refractivity contribution >= 4 is 35.5 Å². The highest BCUT2D eigenvalue weighted by Crippen LogP contribution is 2.16. The molecule has 0 aliphatic heterocycles. The summed E-state index contributed by atoms with van der Waals surface area (Å²) in [6.07, 6.45) is 1.40. The van der Waals surface area contributed by atoms with Crippen LogP contribution in [0.3, 0.4) is 0 Å². The van der Waals surface area contributed by atoms with Crippen molar-refractivity contribution in [2.75, 3.05) is 18.6 Å². The maximum atomic E-state index is 11.7. The maximum Gasteiger partial charge on any atom is 0.261 e. The summed E-state index contributed by atoms with van der Waals surface area (Å²) in [6.45, 7) is 0.184. The maximum absolute atomic E-state index is 11.7. The molecule has 20 heavy (non-hydrogen) atoms. The molecule has 0 aliphatic carbocycles. The lowest BCUT2D eigenvalue weighted by atomic mass is 10.2. The van der Waals surface area contributed by atoms with E-state index in [1.54, 1.807) is 0 Å². The molecule has 0 aromatic heterocycles. The summed E-state index contributed by atoms with van der Waals surface area (Å²) in [4.78, 5) is 11.6. The third kappa shape index (κ3) is 5.89. The van der Waals surface area contributed by atoms with E-state index in [1.807, 2.05) is 0 Å². The van der Waals surface area contributed by atoms with Crippen LogP contribution < -0.4 is 5.32 Å². The molecule has 112 valence electrons. The molecule has 0 saturated heterocycles. The van der Waals surface area contributed by atoms with E-state index in [-0.39, 0.29) is 29.2 Å². The first kappa shape index (κ1) is 16.9. The number of amides is 1. The Morgan fingerprint density at radius 1 is 1.25 bits per heavy atom. The number of carbonyl (C=O) groups is 1. The van der Waals surface area contributed by atoms with E-state index in [9.17, 15) is 21.6 Å². The molecule has 0 aliphatic rings. The van der Waals surface area contributed by atoms with Gasteiger partial charge < -0.3 is 5.32 Å². The zero-order valence-electron chi connectivity index (χ0n) is 10.7. The summed E-state index contributed by atoms with van der Waals surface area (Å²) >= 11 is 0. The van der Waals surface area contributed by atoms with Crippen LogP contribution in [0.25, 0.3) is 0 Å². The van der Waals surface area contributed by atoms with Gasteiger partial charge in [0.2, 0.25) is 0 Å². The molecule has 0 spiro atoms. The molecule has 0 heterocycles. The Bertz CT molecular complexity index is 697. The number of benzene rings is 1. The highest BCUT2D eigenvalue weighted by atomic mass is 35.7. The first-order chi connectivity index (χ1) is 9.09. The lowest BCUT2D eigenvalue weighted by molar-refractivity contribution is 0.0953. The van der Waals surface area contributed by atoms with E-state index in [1.165, 1.54) is 18.2 Å². The molecule has 0 unspecified atom stereocenters. The first-order valence-corrected chi connectivity index (χ1v) is 9.97. The summed E-state index contributed by atoms with van der Waals surface area (Å²) < 4.78 is 44.1. The van der Waals surface area contributed by atoms with Gasteiger partial charge >= 0.3 is 0 Å². The number of hydrogen-bond donors (Lipinski definition) is 1. The third-order valence-corrected chi connectivity index (χ3v) is 4.74. The van der Waals surface area contributed by atoms with E-state index in [2.05, 4.69) is 5.32 Å². The topological polar surface area (TPSA) is 97.4 Å². The number of nitrogens with one attached hydrogen (secondary N) is 1. The fourth-order valence-electron chi connectivity index (χ4n) is 1.43. The molecular formula is C11H14ClNO5S2. The number of hydrogen-bond acceptors (Lipinski definition) is 5. The molecule has 0 saturated carbocycles. The lowest BCUT2D eigenvalue weighted by Gasteiger charge is -2.05. The summed E-state index contributed by atoms with van der Waals surface area (Å²) in [5, 5.41) is 2.51. The summed E-state index contributed by atoms with van der Waals surface area (Å²) in [6, 6.07) is 5.29. The van der Waals surface area contributed by atoms with Crippen LogP contribution in [0.5, 0.6) is 0 Å². The standard InChI is InChI=1S/C11H14ClNO5S2/c1-19(15,16)7-3-6-13-11(14)9-4-2-5-10(8-9)20(12,17)18/h2,4-5,8H,3,6-7H2,1H3,(H,13,14). The van der Waals surface area contributed by atoms with Crippen molar-refractivity contribution in [2.24, 2.45) is 0 Å². The number of rotatable bonds is 6. The van der Waals surface area contributed by atoms with Crippen LogP contribution in [0, 0.1) is 0 Å². The van der Waals surface area contributed by atoms with E-state index >= 15 is 0 Å². The highest BCUT2D eigenvalue weighted by Gasteiger charge is 2.13. The summed E-state index contributed by atoms with van der Waals surface area (Å²) in [5.41, 5.74) is 0.145. The molecule has 0 fully saturated rings. The number of sulfone groups is 1. The first-order valence-electron chi connectivity index (χ1n) is 5.60. The molecule has 1 rings (SSSR count). The minimum atomic E-state index is -3.89. The van der Waals surface area contributed by atoms with E-state index in [0.29, 0.717) is 0 Å². The molecule has 0 bridgehead atoms. The van der Waals surface area contributed by atoms with Crippen molar-refractivity contribution < 1.29 is 21.6 Å². The van der Waals surface area contributed by atoms with E-state index in [4.69, 9.17) is 10.7 Å². The minimum Gasteiger partial charge on any atom is -0.352 e. The van der Waals surface area contributed by atoms with Gasteiger partial charge in [0.15, 0.2) is 0 Å². The van der Waals surface area contributed by atoms with Crippen LogP contribution in [-0.2, 0) is 18.9 Å². The SMILES string of the molecule is CS(=O)(=O)CCCNC(=O)c1cccc(S(=O)(=O)Cl)c1. The Hall–Kier alpha value is -1.12. The fraction of sp³-hybridized carbons (Fsp3) is 0.364. The van der Waals surface area contributed by atoms with Crippen LogP contribution >= 0.6 is 10.7 Å². The van der Waals surface area contributed by atoms with Gasteiger partial charge in [-0.25, -0.2) is 16.8 Å². The van der Waals surface area contributed by atoms with Crippen molar-refractivity contribution in [2.45, 2.75) is 11.3 Å². The number of carbonyl (C=O) groups excluding carboxylic acids is 1. The van der Waals surface area contributed by atoms with Gasteiger partial charge in [0.05, 0.1) is 10.6 Å². The predicted molar refractivity (Wildman–Crippen MR) is 76.1 cm³/mol. The molecule has 0 atom stereocenters. The molecular weight excluding hydrogens is 326 g/mol. The van der Waals surface area contributed by atoms with Crippen molar-refractivity contribution in [1.82, 2.24) is 5.32 Å². The quantitative estimate of drug-likeness (QED) is 0.610. The van der Waals surface area contributed by atoms with Gasteiger partial charge in [0, 0.05) is 29.0 Å². The molecule has 6 nitrogen and oxygen atoms in total. The summed E-state index contributed by atoms with van der Waals surface area (Å²) in [7, 11) is -1.77. The highest BCUT2D eigenvalue weighted by molar-refractivity contribution is 8.13. The summed E-state index contributed by atoms with van der Waals surface area (Å²) in [5.74, 6) is -0.510. The van der Waals surface area contributed by atoms with Gasteiger partial charge in [-0.15, -0.1) is 0 Å². The minimum absolute atomic E-state index is 0.0244. The molecule has 1 N–H and O–H groups in total.